The lowest BCUT2D eigenvalue weighted by molar-refractivity contribution is 0.105. The van der Waals surface area contributed by atoms with E-state index in [0.29, 0.717) is 0 Å². The molecule has 1 aliphatic rings. The molecule has 0 saturated carbocycles. The normalized spacial score (nSPS) is 13.3. The molecule has 0 bridgehead atoms. The molecule has 0 saturated heterocycles. The molecule has 1 heteroatoms. The largest absolute Gasteiger partial charge is 0.289 e. The van der Waals surface area contributed by atoms with Crippen LogP contribution in [0, 0.1) is 20.8 Å². The van der Waals surface area contributed by atoms with Crippen molar-refractivity contribution in [1.29, 1.82) is 0 Å². The monoisotopic (exact) mass is 324 g/mol. The molecule has 0 aromatic heterocycles. The van der Waals surface area contributed by atoms with Crippen LogP contribution in [0.1, 0.15) is 43.7 Å². The van der Waals surface area contributed by atoms with Gasteiger partial charge in [-0.3, -0.25) is 4.79 Å². The highest BCUT2D eigenvalue weighted by atomic mass is 16.1. The third kappa shape index (κ3) is 2.35. The highest BCUT2D eigenvalue weighted by Gasteiger charge is 2.33. The number of allylic oxidation sites excluding steroid dienone is 1. The van der Waals surface area contributed by atoms with E-state index < -0.39 is 0 Å². The summed E-state index contributed by atoms with van der Waals surface area (Å²) in [5.74, 6) is 0.139. The Kier molecular flexibility index (Phi) is 3.65. The highest BCUT2D eigenvalue weighted by molar-refractivity contribution is 6.42. The quantitative estimate of drug-likeness (QED) is 0.585. The Balaban J connectivity index is 2.12. The van der Waals surface area contributed by atoms with Crippen LogP contribution in [0.4, 0.5) is 0 Å². The Morgan fingerprint density at radius 1 is 0.520 bits per heavy atom. The molecule has 0 unspecified atom stereocenters. The summed E-state index contributed by atoms with van der Waals surface area (Å²) in [5, 5.41) is 0. The Hall–Kier alpha value is -2.93. The number of benzene rings is 3. The lowest BCUT2D eigenvalue weighted by Gasteiger charge is -2.13. The summed E-state index contributed by atoms with van der Waals surface area (Å²) in [7, 11) is 0. The zero-order valence-corrected chi connectivity index (χ0v) is 14.8. The highest BCUT2D eigenvalue weighted by Crippen LogP contribution is 2.44. The number of Topliss-reactive ketones (excluding diaryl/α,β-unsaturated/α-hetero) is 1. The first-order valence-corrected chi connectivity index (χ1v) is 8.60. The van der Waals surface area contributed by atoms with Gasteiger partial charge in [-0.25, -0.2) is 0 Å². The topological polar surface area (TPSA) is 17.1 Å². The van der Waals surface area contributed by atoms with Crippen molar-refractivity contribution >= 4 is 16.9 Å². The molecule has 0 amide bonds. The Morgan fingerprint density at radius 2 is 1.00 bits per heavy atom. The second kappa shape index (κ2) is 5.86. The van der Waals surface area contributed by atoms with Crippen LogP contribution in [0.15, 0.2) is 66.7 Å². The SMILES string of the molecule is Cc1ccccc1C1=C(c2ccccc2C)c2cccc(C)c2C1=O. The number of carbonyl (C=O) groups is 1. The van der Waals surface area contributed by atoms with Crippen LogP contribution >= 0.6 is 0 Å². The molecule has 0 atom stereocenters. The minimum absolute atomic E-state index is 0.139. The number of fused-ring (bicyclic) bond motifs is 1. The van der Waals surface area contributed by atoms with Crippen LogP contribution < -0.4 is 0 Å². The molecule has 4 rings (SSSR count). The molecule has 0 aliphatic heterocycles. The van der Waals surface area contributed by atoms with E-state index in [4.69, 9.17) is 0 Å². The molecule has 0 N–H and O–H groups in total. The molecule has 0 fully saturated rings. The third-order valence-electron chi connectivity index (χ3n) is 5.08. The second-order valence-electron chi connectivity index (χ2n) is 6.71. The van der Waals surface area contributed by atoms with Gasteiger partial charge in [0.15, 0.2) is 5.78 Å². The van der Waals surface area contributed by atoms with Crippen LogP contribution in [0.3, 0.4) is 0 Å². The molecule has 1 aliphatic carbocycles. The van der Waals surface area contributed by atoms with Gasteiger partial charge in [0.2, 0.25) is 0 Å². The second-order valence-corrected chi connectivity index (χ2v) is 6.71. The first kappa shape index (κ1) is 15.6. The Labute approximate surface area is 148 Å². The number of aryl methyl sites for hydroxylation is 3. The first-order chi connectivity index (χ1) is 12.1. The van der Waals surface area contributed by atoms with Gasteiger partial charge in [-0.1, -0.05) is 66.7 Å². The predicted octanol–water partition coefficient (Wildman–Crippen LogP) is 5.77. The van der Waals surface area contributed by atoms with Gasteiger partial charge in [-0.05, 0) is 54.2 Å². The van der Waals surface area contributed by atoms with Crippen molar-refractivity contribution in [2.75, 3.05) is 0 Å². The van der Waals surface area contributed by atoms with Gasteiger partial charge in [-0.15, -0.1) is 0 Å². The fraction of sp³-hybridized carbons (Fsp3) is 0.125. The standard InChI is InChI=1S/C24H20O/c1-15-9-4-6-12-18(15)22-20-14-8-11-17(3)21(20)24(25)23(22)19-13-7-5-10-16(19)2/h4-14H,1-3H3. The summed E-state index contributed by atoms with van der Waals surface area (Å²) in [6.07, 6.45) is 0. The number of hydrogen-bond donors (Lipinski definition) is 0. The van der Waals surface area contributed by atoms with E-state index in [1.54, 1.807) is 0 Å². The molecule has 0 heterocycles. The van der Waals surface area contributed by atoms with Crippen molar-refractivity contribution in [3.8, 4) is 0 Å². The molecule has 3 aromatic rings. The molecule has 1 nitrogen and oxygen atoms in total. The van der Waals surface area contributed by atoms with Crippen molar-refractivity contribution in [2.45, 2.75) is 20.8 Å². The lowest BCUT2D eigenvalue weighted by atomic mass is 9.90. The van der Waals surface area contributed by atoms with E-state index in [1.807, 2.05) is 43.3 Å². The minimum Gasteiger partial charge on any atom is -0.289 e. The zero-order valence-electron chi connectivity index (χ0n) is 14.8. The van der Waals surface area contributed by atoms with Crippen molar-refractivity contribution < 1.29 is 4.79 Å². The van der Waals surface area contributed by atoms with Gasteiger partial charge < -0.3 is 0 Å². The fourth-order valence-electron chi connectivity index (χ4n) is 3.79. The Morgan fingerprint density at radius 3 is 1.60 bits per heavy atom. The van der Waals surface area contributed by atoms with Crippen LogP contribution in [0.2, 0.25) is 0 Å². The number of rotatable bonds is 2. The van der Waals surface area contributed by atoms with Gasteiger partial charge in [0.1, 0.15) is 0 Å². The fourth-order valence-corrected chi connectivity index (χ4v) is 3.79. The molecular formula is C24H20O. The summed E-state index contributed by atoms with van der Waals surface area (Å²) < 4.78 is 0. The smallest absolute Gasteiger partial charge is 0.195 e. The predicted molar refractivity (Wildman–Crippen MR) is 104 cm³/mol. The Bertz CT molecular complexity index is 1040. The molecular weight excluding hydrogens is 304 g/mol. The summed E-state index contributed by atoms with van der Waals surface area (Å²) in [6.45, 7) is 6.20. The maximum atomic E-state index is 13.4. The van der Waals surface area contributed by atoms with Crippen LogP contribution in [0.25, 0.3) is 11.1 Å². The van der Waals surface area contributed by atoms with E-state index in [-0.39, 0.29) is 5.78 Å². The van der Waals surface area contributed by atoms with Crippen LogP contribution in [-0.4, -0.2) is 5.78 Å². The van der Waals surface area contributed by atoms with E-state index >= 15 is 0 Å². The molecule has 25 heavy (non-hydrogen) atoms. The average Bonchev–Trinajstić information content (AvgIpc) is 2.90. The van der Waals surface area contributed by atoms with E-state index in [0.717, 1.165) is 44.5 Å². The lowest BCUT2D eigenvalue weighted by Crippen LogP contribution is -2.02. The van der Waals surface area contributed by atoms with Crippen molar-refractivity contribution in [3.63, 3.8) is 0 Å². The van der Waals surface area contributed by atoms with Gasteiger partial charge in [0.05, 0.1) is 0 Å². The van der Waals surface area contributed by atoms with E-state index in [1.165, 1.54) is 5.56 Å². The third-order valence-corrected chi connectivity index (χ3v) is 5.08. The maximum absolute atomic E-state index is 13.4. The number of hydrogen-bond acceptors (Lipinski definition) is 1. The van der Waals surface area contributed by atoms with Crippen LogP contribution in [0.5, 0.6) is 0 Å². The summed E-state index contributed by atoms with van der Waals surface area (Å²) >= 11 is 0. The van der Waals surface area contributed by atoms with Crippen molar-refractivity contribution in [3.05, 3.63) is 106 Å². The molecule has 0 spiro atoms. The van der Waals surface area contributed by atoms with E-state index in [2.05, 4.69) is 44.2 Å². The summed E-state index contributed by atoms with van der Waals surface area (Å²) in [4.78, 5) is 13.4. The van der Waals surface area contributed by atoms with Crippen molar-refractivity contribution in [1.82, 2.24) is 0 Å². The van der Waals surface area contributed by atoms with E-state index in [9.17, 15) is 4.79 Å². The number of carbonyl (C=O) groups excluding carboxylic acids is 1. The average molecular weight is 324 g/mol. The van der Waals surface area contributed by atoms with Crippen molar-refractivity contribution in [2.24, 2.45) is 0 Å². The zero-order chi connectivity index (χ0) is 17.6. The van der Waals surface area contributed by atoms with Gasteiger partial charge in [-0.2, -0.15) is 0 Å². The van der Waals surface area contributed by atoms with Gasteiger partial charge >= 0.3 is 0 Å². The van der Waals surface area contributed by atoms with Gasteiger partial charge in [0.25, 0.3) is 0 Å². The molecule has 122 valence electrons. The number of ketones is 1. The summed E-state index contributed by atoms with van der Waals surface area (Å²) in [5.41, 5.74) is 9.31. The molecule has 0 radical (unpaired) electrons. The summed E-state index contributed by atoms with van der Waals surface area (Å²) in [6, 6.07) is 22.6. The van der Waals surface area contributed by atoms with Crippen LogP contribution in [-0.2, 0) is 0 Å². The minimum atomic E-state index is 0.139. The maximum Gasteiger partial charge on any atom is 0.195 e. The van der Waals surface area contributed by atoms with Gasteiger partial charge in [0, 0.05) is 16.7 Å². The first-order valence-electron chi connectivity index (χ1n) is 8.60. The molecule has 3 aromatic carbocycles.